The summed E-state index contributed by atoms with van der Waals surface area (Å²) in [7, 11) is -1.73. The van der Waals surface area contributed by atoms with Crippen LogP contribution in [0.3, 0.4) is 0 Å². The number of nitrogens with one attached hydrogen (secondary N) is 3. The molecule has 0 saturated heterocycles. The second-order valence-corrected chi connectivity index (χ2v) is 8.70. The SMILES string of the molecule is CN=C(NCCCn1nc(C)cc1C)NCCNS(=O)(=O)c1cccs1.I. The average molecular weight is 526 g/mol. The summed E-state index contributed by atoms with van der Waals surface area (Å²) < 4.78 is 28.9. The van der Waals surface area contributed by atoms with Gasteiger partial charge in [-0.3, -0.25) is 9.67 Å². The van der Waals surface area contributed by atoms with Crippen LogP contribution in [0.1, 0.15) is 17.8 Å². The molecule has 0 radical (unpaired) electrons. The maximum Gasteiger partial charge on any atom is 0.250 e. The first kappa shape index (κ1) is 23.9. The van der Waals surface area contributed by atoms with E-state index in [0.717, 1.165) is 30.9 Å². The molecule has 0 aliphatic heterocycles. The van der Waals surface area contributed by atoms with Crippen molar-refractivity contribution in [3.8, 4) is 0 Å². The van der Waals surface area contributed by atoms with E-state index in [4.69, 9.17) is 0 Å². The zero-order valence-electron chi connectivity index (χ0n) is 15.7. The Labute approximate surface area is 181 Å². The lowest BCUT2D eigenvalue weighted by molar-refractivity contribution is 0.555. The molecule has 27 heavy (non-hydrogen) atoms. The minimum atomic E-state index is -3.42. The lowest BCUT2D eigenvalue weighted by Gasteiger charge is -2.12. The normalized spacial score (nSPS) is 11.9. The monoisotopic (exact) mass is 526 g/mol. The van der Waals surface area contributed by atoms with Crippen LogP contribution in [0.15, 0.2) is 32.8 Å². The maximum atomic E-state index is 12.0. The number of nitrogens with zero attached hydrogens (tertiary/aromatic N) is 3. The predicted octanol–water partition coefficient (Wildman–Crippen LogP) is 1.71. The largest absolute Gasteiger partial charge is 0.356 e. The van der Waals surface area contributed by atoms with Gasteiger partial charge in [0.25, 0.3) is 0 Å². The number of hydrogen-bond donors (Lipinski definition) is 3. The Morgan fingerprint density at radius 3 is 2.59 bits per heavy atom. The van der Waals surface area contributed by atoms with E-state index < -0.39 is 10.0 Å². The van der Waals surface area contributed by atoms with Gasteiger partial charge in [0.05, 0.1) is 5.69 Å². The Bertz CT molecular complexity index is 818. The summed E-state index contributed by atoms with van der Waals surface area (Å²) >= 11 is 1.20. The van der Waals surface area contributed by atoms with Crippen LogP contribution in [0.2, 0.25) is 0 Å². The number of thiophene rings is 1. The van der Waals surface area contributed by atoms with Crippen LogP contribution < -0.4 is 15.4 Å². The summed E-state index contributed by atoms with van der Waals surface area (Å²) in [5, 5.41) is 12.5. The lowest BCUT2D eigenvalue weighted by Crippen LogP contribution is -2.41. The van der Waals surface area contributed by atoms with E-state index >= 15 is 0 Å². The molecule has 0 spiro atoms. The third kappa shape index (κ3) is 7.76. The molecule has 0 aromatic carbocycles. The number of sulfonamides is 1. The number of aryl methyl sites for hydroxylation is 3. The highest BCUT2D eigenvalue weighted by Gasteiger charge is 2.13. The van der Waals surface area contributed by atoms with Gasteiger partial charge in [-0.2, -0.15) is 5.10 Å². The molecule has 2 rings (SSSR count). The molecule has 0 atom stereocenters. The summed E-state index contributed by atoms with van der Waals surface area (Å²) in [5.41, 5.74) is 2.18. The zero-order chi connectivity index (χ0) is 19.0. The van der Waals surface area contributed by atoms with Crippen molar-refractivity contribution in [1.29, 1.82) is 0 Å². The van der Waals surface area contributed by atoms with E-state index in [-0.39, 0.29) is 30.5 Å². The molecule has 2 aromatic rings. The Balaban J connectivity index is 0.00000364. The smallest absolute Gasteiger partial charge is 0.250 e. The fraction of sp³-hybridized carbons (Fsp3) is 0.500. The van der Waals surface area contributed by atoms with Gasteiger partial charge in [0.2, 0.25) is 10.0 Å². The average Bonchev–Trinajstić information content (AvgIpc) is 3.24. The summed E-state index contributed by atoms with van der Waals surface area (Å²) in [6.45, 7) is 6.35. The Morgan fingerprint density at radius 2 is 2.00 bits per heavy atom. The number of guanidine groups is 1. The van der Waals surface area contributed by atoms with Crippen molar-refractivity contribution in [3.63, 3.8) is 0 Å². The van der Waals surface area contributed by atoms with Crippen molar-refractivity contribution in [1.82, 2.24) is 25.1 Å². The van der Waals surface area contributed by atoms with Gasteiger partial charge in [-0.15, -0.1) is 35.3 Å². The minimum absolute atomic E-state index is 0. The van der Waals surface area contributed by atoms with Crippen molar-refractivity contribution in [2.75, 3.05) is 26.7 Å². The Kier molecular flexibility index (Phi) is 10.3. The first-order chi connectivity index (χ1) is 12.4. The lowest BCUT2D eigenvalue weighted by atomic mass is 10.4. The number of hydrogen-bond acceptors (Lipinski definition) is 5. The minimum Gasteiger partial charge on any atom is -0.356 e. The van der Waals surface area contributed by atoms with Crippen LogP contribution in [0.5, 0.6) is 0 Å². The van der Waals surface area contributed by atoms with Crippen molar-refractivity contribution in [2.45, 2.75) is 31.0 Å². The molecule has 3 N–H and O–H groups in total. The van der Waals surface area contributed by atoms with E-state index in [1.165, 1.54) is 11.3 Å². The third-order valence-corrected chi connectivity index (χ3v) is 6.49. The molecule has 0 saturated carbocycles. The van der Waals surface area contributed by atoms with Gasteiger partial charge in [-0.05, 0) is 37.8 Å². The molecule has 2 aromatic heterocycles. The van der Waals surface area contributed by atoms with Crippen LogP contribution in [0, 0.1) is 13.8 Å². The number of rotatable bonds is 9. The molecule has 0 fully saturated rings. The zero-order valence-corrected chi connectivity index (χ0v) is 19.7. The van der Waals surface area contributed by atoms with Crippen molar-refractivity contribution in [2.24, 2.45) is 4.99 Å². The highest BCUT2D eigenvalue weighted by molar-refractivity contribution is 14.0. The molecule has 152 valence electrons. The van der Waals surface area contributed by atoms with Crippen molar-refractivity contribution in [3.05, 3.63) is 35.0 Å². The molecular formula is C16H27IN6O2S2. The van der Waals surface area contributed by atoms with E-state index in [1.807, 2.05) is 18.5 Å². The first-order valence-electron chi connectivity index (χ1n) is 8.41. The number of aromatic nitrogens is 2. The molecule has 0 bridgehead atoms. The highest BCUT2D eigenvalue weighted by Crippen LogP contribution is 2.14. The van der Waals surface area contributed by atoms with Gasteiger partial charge in [0.15, 0.2) is 5.96 Å². The van der Waals surface area contributed by atoms with E-state index in [1.54, 1.807) is 24.6 Å². The second-order valence-electron chi connectivity index (χ2n) is 5.76. The van der Waals surface area contributed by atoms with Gasteiger partial charge in [-0.25, -0.2) is 13.1 Å². The topological polar surface area (TPSA) is 100 Å². The molecule has 0 aliphatic rings. The number of aliphatic imine (C=N–C) groups is 1. The van der Waals surface area contributed by atoms with Crippen LogP contribution in [0.25, 0.3) is 0 Å². The molecule has 8 nitrogen and oxygen atoms in total. The van der Waals surface area contributed by atoms with Crippen LogP contribution in [-0.4, -0.2) is 50.8 Å². The van der Waals surface area contributed by atoms with Gasteiger partial charge in [0, 0.05) is 38.9 Å². The molecule has 2 heterocycles. The van der Waals surface area contributed by atoms with E-state index in [9.17, 15) is 8.42 Å². The van der Waals surface area contributed by atoms with Crippen LogP contribution >= 0.6 is 35.3 Å². The number of halogens is 1. The fourth-order valence-electron chi connectivity index (χ4n) is 2.41. The third-order valence-electron chi connectivity index (χ3n) is 3.64. The highest BCUT2D eigenvalue weighted by atomic mass is 127. The molecule has 11 heteroatoms. The van der Waals surface area contributed by atoms with Gasteiger partial charge in [-0.1, -0.05) is 6.07 Å². The summed E-state index contributed by atoms with van der Waals surface area (Å²) in [6.07, 6.45) is 0.910. The first-order valence-corrected chi connectivity index (χ1v) is 10.8. The van der Waals surface area contributed by atoms with E-state index in [0.29, 0.717) is 16.7 Å². The van der Waals surface area contributed by atoms with E-state index in [2.05, 4.69) is 31.5 Å². The second kappa shape index (κ2) is 11.6. The fourth-order valence-corrected chi connectivity index (χ4v) is 4.48. The van der Waals surface area contributed by atoms with Gasteiger partial charge in [0.1, 0.15) is 4.21 Å². The van der Waals surface area contributed by atoms with Gasteiger partial charge >= 0.3 is 0 Å². The van der Waals surface area contributed by atoms with Crippen LogP contribution in [0.4, 0.5) is 0 Å². The van der Waals surface area contributed by atoms with Crippen molar-refractivity contribution < 1.29 is 8.42 Å². The molecule has 0 unspecified atom stereocenters. The molecule has 0 aliphatic carbocycles. The Hall–Kier alpha value is -1.18. The van der Waals surface area contributed by atoms with Gasteiger partial charge < -0.3 is 10.6 Å². The maximum absolute atomic E-state index is 12.0. The summed E-state index contributed by atoms with van der Waals surface area (Å²) in [5.74, 6) is 0.647. The quantitative estimate of drug-likeness (QED) is 0.200. The Morgan fingerprint density at radius 1 is 1.26 bits per heavy atom. The molecular weight excluding hydrogens is 499 g/mol. The standard InChI is InChI=1S/C16H26N6O2S2.HI/c1-13-12-14(2)22(21-13)10-5-7-18-16(17-3)19-8-9-20-26(23,24)15-6-4-11-25-15;/h4,6,11-12,20H,5,7-10H2,1-3H3,(H2,17,18,19);1H. The molecule has 0 amide bonds. The summed E-state index contributed by atoms with van der Waals surface area (Å²) in [6, 6.07) is 5.37. The van der Waals surface area contributed by atoms with Crippen molar-refractivity contribution >= 4 is 51.3 Å². The van der Waals surface area contributed by atoms with Crippen LogP contribution in [-0.2, 0) is 16.6 Å². The predicted molar refractivity (Wildman–Crippen MR) is 121 cm³/mol. The summed E-state index contributed by atoms with van der Waals surface area (Å²) in [4.78, 5) is 4.13.